The molecule has 0 nitrogen and oxygen atoms in total. The van der Waals surface area contributed by atoms with Crippen LogP contribution in [0.1, 0.15) is 11.1 Å². The first kappa shape index (κ1) is 14.9. The van der Waals surface area contributed by atoms with Crippen LogP contribution in [-0.4, -0.2) is 6.18 Å². The quantitative estimate of drug-likeness (QED) is 0.521. The van der Waals surface area contributed by atoms with Crippen molar-refractivity contribution in [2.45, 2.75) is 6.18 Å². The first-order chi connectivity index (χ1) is 9.95. The highest BCUT2D eigenvalue weighted by atomic mass is 19.4. The van der Waals surface area contributed by atoms with Crippen LogP contribution in [0.15, 0.2) is 60.2 Å². The van der Waals surface area contributed by atoms with Gasteiger partial charge in [-0.05, 0) is 35.9 Å². The highest BCUT2D eigenvalue weighted by Crippen LogP contribution is 2.27. The van der Waals surface area contributed by atoms with Crippen LogP contribution in [0.2, 0.25) is 0 Å². The van der Waals surface area contributed by atoms with Crippen LogP contribution in [0.4, 0.5) is 17.6 Å². The summed E-state index contributed by atoms with van der Waals surface area (Å²) >= 11 is 0. The summed E-state index contributed by atoms with van der Waals surface area (Å²) in [5.74, 6) is 4.04. The molecule has 0 aliphatic heterocycles. The molecular formula is C17H10F4. The molecule has 2 aromatic rings. The zero-order chi connectivity index (χ0) is 15.3. The van der Waals surface area contributed by atoms with Gasteiger partial charge in [-0.3, -0.25) is 0 Å². The van der Waals surface area contributed by atoms with E-state index in [2.05, 4.69) is 11.8 Å². The van der Waals surface area contributed by atoms with Gasteiger partial charge in [-0.2, -0.15) is 13.2 Å². The Morgan fingerprint density at radius 2 is 1.52 bits per heavy atom. The molecule has 0 N–H and O–H groups in total. The molecule has 0 radical (unpaired) electrons. The minimum absolute atomic E-state index is 0.319. The zero-order valence-electron chi connectivity index (χ0n) is 10.8. The van der Waals surface area contributed by atoms with Gasteiger partial charge in [0.2, 0.25) is 0 Å². The Bertz CT molecular complexity index is 684. The summed E-state index contributed by atoms with van der Waals surface area (Å²) in [6.07, 6.45) is -3.56. The molecule has 0 atom stereocenters. The zero-order valence-corrected chi connectivity index (χ0v) is 10.8. The molecule has 0 heterocycles. The molecule has 0 saturated carbocycles. The minimum Gasteiger partial charge on any atom is -0.207 e. The van der Waals surface area contributed by atoms with E-state index in [9.17, 15) is 17.6 Å². The molecular weight excluding hydrogens is 280 g/mol. The SMILES string of the molecule is Fc1ccc(C#C/C(=C/c2ccccc2)C(F)(F)F)cc1. The number of benzene rings is 2. The van der Waals surface area contributed by atoms with Crippen LogP contribution in [-0.2, 0) is 0 Å². The predicted molar refractivity (Wildman–Crippen MR) is 73.8 cm³/mol. The summed E-state index contributed by atoms with van der Waals surface area (Å²) in [6.45, 7) is 0. The third-order valence-corrected chi connectivity index (χ3v) is 2.60. The molecule has 106 valence electrons. The van der Waals surface area contributed by atoms with Crippen LogP contribution in [0.25, 0.3) is 6.08 Å². The largest absolute Gasteiger partial charge is 0.424 e. The Morgan fingerprint density at radius 3 is 2.10 bits per heavy atom. The van der Waals surface area contributed by atoms with Crippen molar-refractivity contribution in [1.29, 1.82) is 0 Å². The van der Waals surface area contributed by atoms with Crippen LogP contribution >= 0.6 is 0 Å². The van der Waals surface area contributed by atoms with Crippen molar-refractivity contribution in [3.8, 4) is 11.8 Å². The third kappa shape index (κ3) is 4.50. The molecule has 0 fully saturated rings. The van der Waals surface area contributed by atoms with Crippen molar-refractivity contribution in [1.82, 2.24) is 0 Å². The van der Waals surface area contributed by atoms with Crippen molar-refractivity contribution in [2.75, 3.05) is 0 Å². The van der Waals surface area contributed by atoms with E-state index in [1.165, 1.54) is 12.1 Å². The summed E-state index contributed by atoms with van der Waals surface area (Å²) in [6, 6.07) is 13.1. The fourth-order valence-electron chi connectivity index (χ4n) is 1.58. The van der Waals surface area contributed by atoms with Gasteiger partial charge in [0.05, 0.1) is 0 Å². The standard InChI is InChI=1S/C17H10F4/c18-16-10-7-13(8-11-16)6-9-15(17(19,20)21)12-14-4-2-1-3-5-14/h1-5,7-8,10-12H/b15-12-. The summed E-state index contributed by atoms with van der Waals surface area (Å²) in [4.78, 5) is 0. The second-order valence-corrected chi connectivity index (χ2v) is 4.22. The molecule has 0 saturated heterocycles. The van der Waals surface area contributed by atoms with Crippen molar-refractivity contribution in [2.24, 2.45) is 0 Å². The highest BCUT2D eigenvalue weighted by molar-refractivity contribution is 5.60. The second-order valence-electron chi connectivity index (χ2n) is 4.22. The Balaban J connectivity index is 2.35. The fourth-order valence-corrected chi connectivity index (χ4v) is 1.58. The van der Waals surface area contributed by atoms with Crippen molar-refractivity contribution in [3.63, 3.8) is 0 Å². The average molecular weight is 290 g/mol. The van der Waals surface area contributed by atoms with Crippen molar-refractivity contribution >= 4 is 6.08 Å². The minimum atomic E-state index is -4.54. The molecule has 0 amide bonds. The number of hydrogen-bond donors (Lipinski definition) is 0. The molecule has 0 aliphatic carbocycles. The lowest BCUT2D eigenvalue weighted by Crippen LogP contribution is -2.10. The lowest BCUT2D eigenvalue weighted by Gasteiger charge is -2.05. The molecule has 4 heteroatoms. The second kappa shape index (κ2) is 6.27. The first-order valence-electron chi connectivity index (χ1n) is 6.07. The number of allylic oxidation sites excluding steroid dienone is 1. The molecule has 2 rings (SSSR count). The van der Waals surface area contributed by atoms with E-state index in [4.69, 9.17) is 0 Å². The lowest BCUT2D eigenvalue weighted by molar-refractivity contribution is -0.0863. The Morgan fingerprint density at radius 1 is 0.905 bits per heavy atom. The van der Waals surface area contributed by atoms with Crippen LogP contribution in [0.5, 0.6) is 0 Å². The van der Waals surface area contributed by atoms with E-state index in [0.29, 0.717) is 11.1 Å². The normalized spacial score (nSPS) is 11.7. The number of alkyl halides is 3. The fraction of sp³-hybridized carbons (Fsp3) is 0.0588. The van der Waals surface area contributed by atoms with Gasteiger partial charge in [0.1, 0.15) is 11.4 Å². The molecule has 0 unspecified atom stereocenters. The topological polar surface area (TPSA) is 0 Å². The lowest BCUT2D eigenvalue weighted by atomic mass is 10.1. The van der Waals surface area contributed by atoms with E-state index in [-0.39, 0.29) is 0 Å². The van der Waals surface area contributed by atoms with Crippen LogP contribution in [0, 0.1) is 17.7 Å². The molecule has 21 heavy (non-hydrogen) atoms. The van der Waals surface area contributed by atoms with Gasteiger partial charge in [-0.15, -0.1) is 0 Å². The highest BCUT2D eigenvalue weighted by Gasteiger charge is 2.32. The van der Waals surface area contributed by atoms with Gasteiger partial charge in [-0.25, -0.2) is 4.39 Å². The first-order valence-corrected chi connectivity index (χ1v) is 6.07. The molecule has 0 aromatic heterocycles. The van der Waals surface area contributed by atoms with Gasteiger partial charge >= 0.3 is 6.18 Å². The van der Waals surface area contributed by atoms with Crippen molar-refractivity contribution < 1.29 is 17.6 Å². The predicted octanol–water partition coefficient (Wildman–Crippen LogP) is 4.82. The third-order valence-electron chi connectivity index (χ3n) is 2.60. The van der Waals surface area contributed by atoms with E-state index < -0.39 is 17.6 Å². The number of rotatable bonds is 1. The molecule has 0 aliphatic rings. The maximum Gasteiger partial charge on any atom is 0.424 e. The molecule has 0 spiro atoms. The van der Waals surface area contributed by atoms with Gasteiger partial charge in [0, 0.05) is 5.56 Å². The van der Waals surface area contributed by atoms with Crippen molar-refractivity contribution in [3.05, 3.63) is 77.1 Å². The van der Waals surface area contributed by atoms with Crippen LogP contribution in [0.3, 0.4) is 0 Å². The number of halogens is 4. The van der Waals surface area contributed by atoms with Gasteiger partial charge in [-0.1, -0.05) is 42.2 Å². The summed E-state index contributed by atoms with van der Waals surface area (Å²) in [5.41, 5.74) is -0.212. The average Bonchev–Trinajstić information content (AvgIpc) is 2.45. The maximum absolute atomic E-state index is 12.9. The van der Waals surface area contributed by atoms with Crippen LogP contribution < -0.4 is 0 Å². The number of hydrogen-bond acceptors (Lipinski definition) is 0. The van der Waals surface area contributed by atoms with E-state index in [1.54, 1.807) is 30.3 Å². The maximum atomic E-state index is 12.9. The summed E-state index contributed by atoms with van der Waals surface area (Å²) < 4.78 is 51.5. The van der Waals surface area contributed by atoms with E-state index in [1.807, 2.05) is 0 Å². The smallest absolute Gasteiger partial charge is 0.207 e. The summed E-state index contributed by atoms with van der Waals surface area (Å²) in [5, 5.41) is 0. The summed E-state index contributed by atoms with van der Waals surface area (Å²) in [7, 11) is 0. The Labute approximate surface area is 119 Å². The Kier molecular flexibility index (Phi) is 4.44. The Hall–Kier alpha value is -2.54. The monoisotopic (exact) mass is 290 g/mol. The molecule has 0 bridgehead atoms. The van der Waals surface area contributed by atoms with Gasteiger partial charge < -0.3 is 0 Å². The van der Waals surface area contributed by atoms with E-state index >= 15 is 0 Å². The van der Waals surface area contributed by atoms with Gasteiger partial charge in [0.25, 0.3) is 0 Å². The molecule has 2 aromatic carbocycles. The van der Waals surface area contributed by atoms with Gasteiger partial charge in [0.15, 0.2) is 0 Å². The van der Waals surface area contributed by atoms with E-state index in [0.717, 1.165) is 18.2 Å².